The molecule has 1 fully saturated rings. The van der Waals surface area contributed by atoms with Crippen LogP contribution >= 0.6 is 0 Å². The Morgan fingerprint density at radius 1 is 0.963 bits per heavy atom. The van der Waals surface area contributed by atoms with E-state index in [0.29, 0.717) is 5.69 Å². The smallest absolute Gasteiger partial charge is 0.282 e. The van der Waals surface area contributed by atoms with Gasteiger partial charge in [-0.05, 0) is 74.7 Å². The number of rotatable bonds is 5. The lowest BCUT2D eigenvalue weighted by Gasteiger charge is -2.20. The number of aryl methyl sites for hydroxylation is 2. The molecule has 5 heteroatoms. The molecule has 0 atom stereocenters. The normalized spacial score (nSPS) is 15.4. The van der Waals surface area contributed by atoms with Gasteiger partial charge in [0.05, 0.1) is 5.69 Å². The average Bonchev–Trinajstić information content (AvgIpc) is 2.94. The van der Waals surface area contributed by atoms with Crippen molar-refractivity contribution < 1.29 is 9.59 Å². The Balaban J connectivity index is 1.85. The fourth-order valence-corrected chi connectivity index (χ4v) is 3.14. The summed E-state index contributed by atoms with van der Waals surface area (Å²) in [6, 6.07) is 13.6. The molecule has 0 saturated carbocycles. The number of hydrazine groups is 1. The van der Waals surface area contributed by atoms with Gasteiger partial charge in [0.2, 0.25) is 0 Å². The highest BCUT2D eigenvalue weighted by molar-refractivity contribution is 6.31. The molecule has 2 amide bonds. The van der Waals surface area contributed by atoms with Gasteiger partial charge in [-0.15, -0.1) is 0 Å². The number of benzene rings is 2. The maximum absolute atomic E-state index is 12.8. The van der Waals surface area contributed by atoms with Gasteiger partial charge in [-0.1, -0.05) is 18.2 Å². The van der Waals surface area contributed by atoms with E-state index in [9.17, 15) is 9.59 Å². The summed E-state index contributed by atoms with van der Waals surface area (Å²) in [6.45, 7) is 10.1. The van der Waals surface area contributed by atoms with E-state index in [2.05, 4.69) is 24.2 Å². The highest BCUT2D eigenvalue weighted by Crippen LogP contribution is 2.24. The first-order valence-corrected chi connectivity index (χ1v) is 9.24. The van der Waals surface area contributed by atoms with Gasteiger partial charge in [0.1, 0.15) is 5.57 Å². The summed E-state index contributed by atoms with van der Waals surface area (Å²) in [7, 11) is 0. The van der Waals surface area contributed by atoms with E-state index in [0.717, 1.165) is 35.5 Å². The fourth-order valence-electron chi connectivity index (χ4n) is 3.14. The second-order valence-corrected chi connectivity index (χ2v) is 6.67. The lowest BCUT2D eigenvalue weighted by molar-refractivity contribution is -0.117. The third kappa shape index (κ3) is 3.72. The number of hydrogen-bond acceptors (Lipinski definition) is 3. The molecule has 27 heavy (non-hydrogen) atoms. The van der Waals surface area contributed by atoms with Crippen LogP contribution in [-0.4, -0.2) is 24.9 Å². The number of nitrogens with zero attached hydrogens (tertiary/aromatic N) is 2. The number of nitrogens with one attached hydrogen (secondary N) is 1. The van der Waals surface area contributed by atoms with E-state index in [1.54, 1.807) is 6.08 Å². The van der Waals surface area contributed by atoms with Gasteiger partial charge in [-0.3, -0.25) is 15.0 Å². The predicted octanol–water partition coefficient (Wildman–Crippen LogP) is 3.61. The van der Waals surface area contributed by atoms with Crippen molar-refractivity contribution in [3.05, 3.63) is 64.7 Å². The highest BCUT2D eigenvalue weighted by Gasteiger charge is 2.34. The Labute approximate surface area is 160 Å². The van der Waals surface area contributed by atoms with Gasteiger partial charge in [0.15, 0.2) is 0 Å². The monoisotopic (exact) mass is 363 g/mol. The molecular weight excluding hydrogens is 338 g/mol. The van der Waals surface area contributed by atoms with Crippen LogP contribution < -0.4 is 15.3 Å². The van der Waals surface area contributed by atoms with Crippen molar-refractivity contribution >= 4 is 29.3 Å². The summed E-state index contributed by atoms with van der Waals surface area (Å²) in [5, 5.41) is 1.31. The Kier molecular flexibility index (Phi) is 5.31. The maximum atomic E-state index is 12.8. The lowest BCUT2D eigenvalue weighted by Crippen LogP contribution is -2.35. The van der Waals surface area contributed by atoms with Crippen molar-refractivity contribution in [3.8, 4) is 0 Å². The molecule has 3 rings (SSSR count). The molecule has 2 aromatic carbocycles. The Morgan fingerprint density at radius 2 is 1.63 bits per heavy atom. The molecule has 2 aromatic rings. The summed E-state index contributed by atoms with van der Waals surface area (Å²) < 4.78 is 0. The molecule has 0 radical (unpaired) electrons. The van der Waals surface area contributed by atoms with E-state index in [4.69, 9.17) is 0 Å². The first-order valence-electron chi connectivity index (χ1n) is 9.24. The van der Waals surface area contributed by atoms with E-state index >= 15 is 0 Å². The molecule has 0 bridgehead atoms. The predicted molar refractivity (Wildman–Crippen MR) is 110 cm³/mol. The van der Waals surface area contributed by atoms with Crippen LogP contribution in [0.3, 0.4) is 0 Å². The molecule has 1 aliphatic rings. The number of carbonyl (C=O) groups is 2. The van der Waals surface area contributed by atoms with Gasteiger partial charge in [-0.2, -0.15) is 0 Å². The van der Waals surface area contributed by atoms with Crippen LogP contribution in [0.1, 0.15) is 30.5 Å². The minimum Gasteiger partial charge on any atom is -0.372 e. The molecule has 1 heterocycles. The largest absolute Gasteiger partial charge is 0.372 e. The SMILES string of the molecule is CCN(CC)c1ccc(C=C2C(=O)NN(c3ccc(C)c(C)c3)C2=O)cc1. The van der Waals surface area contributed by atoms with Crippen molar-refractivity contribution in [1.29, 1.82) is 0 Å². The molecule has 140 valence electrons. The van der Waals surface area contributed by atoms with Crippen molar-refractivity contribution in [3.63, 3.8) is 0 Å². The molecule has 0 spiro atoms. The molecule has 0 aliphatic carbocycles. The lowest BCUT2D eigenvalue weighted by atomic mass is 10.1. The van der Waals surface area contributed by atoms with Crippen LogP contribution in [0.25, 0.3) is 6.08 Å². The summed E-state index contributed by atoms with van der Waals surface area (Å²) in [5.41, 5.74) is 7.62. The fraction of sp³-hybridized carbons (Fsp3) is 0.273. The zero-order chi connectivity index (χ0) is 19.6. The zero-order valence-electron chi connectivity index (χ0n) is 16.2. The minimum atomic E-state index is -0.383. The van der Waals surface area contributed by atoms with Crippen LogP contribution in [0.15, 0.2) is 48.0 Å². The van der Waals surface area contributed by atoms with Crippen LogP contribution in [0.2, 0.25) is 0 Å². The Hall–Kier alpha value is -3.08. The highest BCUT2D eigenvalue weighted by atomic mass is 16.2. The number of amides is 2. The second-order valence-electron chi connectivity index (χ2n) is 6.67. The molecule has 1 N–H and O–H groups in total. The molecule has 1 saturated heterocycles. The average molecular weight is 363 g/mol. The van der Waals surface area contributed by atoms with E-state index < -0.39 is 0 Å². The standard InChI is InChI=1S/C22H25N3O2/c1-5-24(6-2)18-11-8-17(9-12-18)14-20-21(26)23-25(22(20)27)19-10-7-15(3)16(4)13-19/h7-14H,5-6H2,1-4H3,(H,23,26). The van der Waals surface area contributed by atoms with Crippen LogP contribution in [-0.2, 0) is 9.59 Å². The van der Waals surface area contributed by atoms with Crippen molar-refractivity contribution in [1.82, 2.24) is 5.43 Å². The summed E-state index contributed by atoms with van der Waals surface area (Å²) in [5.74, 6) is -0.720. The molecule has 0 unspecified atom stereocenters. The molecular formula is C22H25N3O2. The summed E-state index contributed by atoms with van der Waals surface area (Å²) >= 11 is 0. The van der Waals surface area contributed by atoms with Gasteiger partial charge in [0, 0.05) is 18.8 Å². The van der Waals surface area contributed by atoms with E-state index in [1.807, 2.05) is 56.3 Å². The van der Waals surface area contributed by atoms with E-state index in [1.165, 1.54) is 5.01 Å². The quantitative estimate of drug-likeness (QED) is 0.652. The summed E-state index contributed by atoms with van der Waals surface area (Å²) in [4.78, 5) is 27.3. The van der Waals surface area contributed by atoms with Gasteiger partial charge < -0.3 is 4.90 Å². The number of anilines is 2. The van der Waals surface area contributed by atoms with Gasteiger partial charge in [0.25, 0.3) is 11.8 Å². The topological polar surface area (TPSA) is 52.7 Å². The zero-order valence-corrected chi connectivity index (χ0v) is 16.2. The van der Waals surface area contributed by atoms with Crippen molar-refractivity contribution in [2.45, 2.75) is 27.7 Å². The number of hydrogen-bond donors (Lipinski definition) is 1. The van der Waals surface area contributed by atoms with Gasteiger partial charge >= 0.3 is 0 Å². The van der Waals surface area contributed by atoms with E-state index in [-0.39, 0.29) is 17.4 Å². The molecule has 1 aliphatic heterocycles. The first kappa shape index (κ1) is 18.7. The second kappa shape index (κ2) is 7.66. The Morgan fingerprint density at radius 3 is 2.22 bits per heavy atom. The number of carbonyl (C=O) groups excluding carboxylic acids is 2. The Bertz CT molecular complexity index is 896. The minimum absolute atomic E-state index is 0.142. The first-order chi connectivity index (χ1) is 12.9. The molecule has 5 nitrogen and oxygen atoms in total. The van der Waals surface area contributed by atoms with Crippen molar-refractivity contribution in [2.24, 2.45) is 0 Å². The molecule has 0 aromatic heterocycles. The van der Waals surface area contributed by atoms with Gasteiger partial charge in [-0.25, -0.2) is 5.01 Å². The summed E-state index contributed by atoms with van der Waals surface area (Å²) in [6.07, 6.45) is 1.64. The third-order valence-electron chi connectivity index (χ3n) is 4.97. The van der Waals surface area contributed by atoms with Crippen molar-refractivity contribution in [2.75, 3.05) is 23.0 Å². The van der Waals surface area contributed by atoms with Crippen LogP contribution in [0.5, 0.6) is 0 Å². The maximum Gasteiger partial charge on any atom is 0.282 e. The third-order valence-corrected chi connectivity index (χ3v) is 4.97. The van der Waals surface area contributed by atoms with Crippen LogP contribution in [0.4, 0.5) is 11.4 Å². The van der Waals surface area contributed by atoms with Crippen LogP contribution in [0, 0.1) is 13.8 Å².